The summed E-state index contributed by atoms with van der Waals surface area (Å²) in [5.74, 6) is 0.00229. The van der Waals surface area contributed by atoms with Crippen LogP contribution < -0.4 is 10.5 Å². The number of benzene rings is 1. The molecule has 2 amide bonds. The number of halogens is 1. The molecule has 0 radical (unpaired) electrons. The number of carbonyl (C=O) groups is 2. The number of hydrogen-bond acceptors (Lipinski definition) is 3. The first-order valence-corrected chi connectivity index (χ1v) is 7.35. The zero-order valence-corrected chi connectivity index (χ0v) is 12.7. The quantitative estimate of drug-likeness (QED) is 0.875. The molecule has 5 nitrogen and oxygen atoms in total. The highest BCUT2D eigenvalue weighted by atomic mass is 35.5. The van der Waals surface area contributed by atoms with Gasteiger partial charge in [-0.05, 0) is 37.5 Å². The molecule has 0 aliphatic heterocycles. The zero-order valence-electron chi connectivity index (χ0n) is 12.0. The average molecular weight is 311 g/mol. The Morgan fingerprint density at radius 1 is 1.43 bits per heavy atom. The molecule has 1 fully saturated rings. The third kappa shape index (κ3) is 4.11. The molecule has 1 saturated carbocycles. The van der Waals surface area contributed by atoms with E-state index in [1.54, 1.807) is 25.2 Å². The molecule has 0 bridgehead atoms. The average Bonchev–Trinajstić information content (AvgIpc) is 2.39. The first-order chi connectivity index (χ1) is 9.97. The Morgan fingerprint density at radius 3 is 2.67 bits per heavy atom. The maximum atomic E-state index is 12.2. The fourth-order valence-corrected chi connectivity index (χ4v) is 2.26. The number of rotatable bonds is 6. The van der Waals surface area contributed by atoms with E-state index in [4.69, 9.17) is 22.1 Å². The highest BCUT2D eigenvalue weighted by molar-refractivity contribution is 6.34. The second-order valence-corrected chi connectivity index (χ2v) is 5.66. The normalized spacial score (nSPS) is 14.4. The SMILES string of the molecule is CN(CCC(N)=O)C(=O)c1ccc(OC2CCC2)cc1Cl. The number of nitrogens with zero attached hydrogens (tertiary/aromatic N) is 1. The molecule has 1 aromatic carbocycles. The van der Waals surface area contributed by atoms with Crippen LogP contribution in [0.1, 0.15) is 36.0 Å². The molecule has 114 valence electrons. The van der Waals surface area contributed by atoms with Crippen LogP contribution in [-0.4, -0.2) is 36.4 Å². The van der Waals surface area contributed by atoms with Crippen LogP contribution in [0.4, 0.5) is 0 Å². The van der Waals surface area contributed by atoms with E-state index in [2.05, 4.69) is 0 Å². The van der Waals surface area contributed by atoms with Gasteiger partial charge >= 0.3 is 0 Å². The molecule has 0 unspecified atom stereocenters. The van der Waals surface area contributed by atoms with Gasteiger partial charge in [0.05, 0.1) is 16.7 Å². The van der Waals surface area contributed by atoms with Crippen molar-refractivity contribution in [2.75, 3.05) is 13.6 Å². The zero-order chi connectivity index (χ0) is 15.4. The van der Waals surface area contributed by atoms with Crippen molar-refractivity contribution in [1.29, 1.82) is 0 Å². The fourth-order valence-electron chi connectivity index (χ4n) is 2.01. The number of amides is 2. The Balaban J connectivity index is 2.01. The maximum Gasteiger partial charge on any atom is 0.255 e. The lowest BCUT2D eigenvalue weighted by Gasteiger charge is -2.26. The lowest BCUT2D eigenvalue weighted by Crippen LogP contribution is -2.30. The molecular formula is C15H19ClN2O3. The van der Waals surface area contributed by atoms with Gasteiger partial charge in [0.25, 0.3) is 5.91 Å². The summed E-state index contributed by atoms with van der Waals surface area (Å²) < 4.78 is 5.73. The molecule has 2 N–H and O–H groups in total. The second-order valence-electron chi connectivity index (χ2n) is 5.26. The molecule has 0 aromatic heterocycles. The minimum absolute atomic E-state index is 0.128. The molecule has 0 atom stereocenters. The van der Waals surface area contributed by atoms with Crippen LogP contribution in [0.3, 0.4) is 0 Å². The van der Waals surface area contributed by atoms with Gasteiger partial charge < -0.3 is 15.4 Å². The van der Waals surface area contributed by atoms with E-state index in [1.165, 1.54) is 11.3 Å². The lowest BCUT2D eigenvalue weighted by atomic mass is 9.96. The first-order valence-electron chi connectivity index (χ1n) is 6.97. The number of hydrogen-bond donors (Lipinski definition) is 1. The number of carbonyl (C=O) groups excluding carboxylic acids is 2. The number of nitrogens with two attached hydrogens (primary N) is 1. The van der Waals surface area contributed by atoms with E-state index in [0.29, 0.717) is 16.3 Å². The van der Waals surface area contributed by atoms with E-state index in [0.717, 1.165) is 12.8 Å². The van der Waals surface area contributed by atoms with Crippen LogP contribution >= 0.6 is 11.6 Å². The topological polar surface area (TPSA) is 72.6 Å². The Labute approximate surface area is 129 Å². The summed E-state index contributed by atoms with van der Waals surface area (Å²) in [4.78, 5) is 24.4. The summed E-state index contributed by atoms with van der Waals surface area (Å²) in [6.45, 7) is 0.269. The van der Waals surface area contributed by atoms with Gasteiger partial charge in [-0.3, -0.25) is 9.59 Å². The van der Waals surface area contributed by atoms with Crippen LogP contribution in [0.2, 0.25) is 5.02 Å². The van der Waals surface area contributed by atoms with E-state index in [-0.39, 0.29) is 25.0 Å². The van der Waals surface area contributed by atoms with E-state index < -0.39 is 5.91 Å². The Bertz CT molecular complexity index is 544. The van der Waals surface area contributed by atoms with Crippen molar-refractivity contribution in [2.24, 2.45) is 5.73 Å². The van der Waals surface area contributed by atoms with Crippen LogP contribution in [0.15, 0.2) is 18.2 Å². The monoisotopic (exact) mass is 310 g/mol. The summed E-state index contributed by atoms with van der Waals surface area (Å²) in [6.07, 6.45) is 3.71. The van der Waals surface area contributed by atoms with E-state index in [1.807, 2.05) is 0 Å². The van der Waals surface area contributed by atoms with Crippen LogP contribution in [0.5, 0.6) is 5.75 Å². The predicted octanol–water partition coefficient (Wildman–Crippen LogP) is 2.22. The third-order valence-corrected chi connectivity index (χ3v) is 3.88. The van der Waals surface area contributed by atoms with Gasteiger partial charge in [0.1, 0.15) is 5.75 Å². The molecule has 0 saturated heterocycles. The Morgan fingerprint density at radius 2 is 2.14 bits per heavy atom. The molecule has 1 aromatic rings. The molecular weight excluding hydrogens is 292 g/mol. The van der Waals surface area contributed by atoms with Gasteiger partial charge in [-0.25, -0.2) is 0 Å². The Hall–Kier alpha value is -1.75. The molecule has 6 heteroatoms. The summed E-state index contributed by atoms with van der Waals surface area (Å²) in [5.41, 5.74) is 5.47. The van der Waals surface area contributed by atoms with Crippen molar-refractivity contribution >= 4 is 23.4 Å². The maximum absolute atomic E-state index is 12.2. The lowest BCUT2D eigenvalue weighted by molar-refractivity contribution is -0.118. The van der Waals surface area contributed by atoms with E-state index in [9.17, 15) is 9.59 Å². The predicted molar refractivity (Wildman–Crippen MR) is 80.5 cm³/mol. The third-order valence-electron chi connectivity index (χ3n) is 3.57. The van der Waals surface area contributed by atoms with Gasteiger partial charge in [-0.15, -0.1) is 0 Å². The first kappa shape index (κ1) is 15.6. The van der Waals surface area contributed by atoms with Crippen molar-refractivity contribution in [3.8, 4) is 5.75 Å². The van der Waals surface area contributed by atoms with Crippen molar-refractivity contribution in [2.45, 2.75) is 31.8 Å². The largest absolute Gasteiger partial charge is 0.490 e. The highest BCUT2D eigenvalue weighted by Crippen LogP contribution is 2.28. The van der Waals surface area contributed by atoms with Crippen LogP contribution in [-0.2, 0) is 4.79 Å². The van der Waals surface area contributed by atoms with Gasteiger partial charge in [-0.2, -0.15) is 0 Å². The Kier molecular flexibility index (Phi) is 5.07. The van der Waals surface area contributed by atoms with Crippen molar-refractivity contribution in [1.82, 2.24) is 4.90 Å². The smallest absolute Gasteiger partial charge is 0.255 e. The second kappa shape index (κ2) is 6.80. The summed E-state index contributed by atoms with van der Waals surface area (Å²) >= 11 is 6.16. The highest BCUT2D eigenvalue weighted by Gasteiger charge is 2.20. The van der Waals surface area contributed by atoms with Gasteiger partial charge in [0, 0.05) is 20.0 Å². The number of ether oxygens (including phenoxy) is 1. The summed E-state index contributed by atoms with van der Waals surface area (Å²) in [5, 5.41) is 0.350. The van der Waals surface area contributed by atoms with Gasteiger partial charge in [0.15, 0.2) is 0 Å². The number of primary amides is 1. The molecule has 0 spiro atoms. The minimum atomic E-state index is -0.440. The molecule has 2 rings (SSSR count). The molecule has 0 heterocycles. The fraction of sp³-hybridized carbons (Fsp3) is 0.467. The van der Waals surface area contributed by atoms with Crippen LogP contribution in [0, 0.1) is 0 Å². The van der Waals surface area contributed by atoms with Crippen molar-refractivity contribution in [3.63, 3.8) is 0 Å². The van der Waals surface area contributed by atoms with Gasteiger partial charge in [-0.1, -0.05) is 11.6 Å². The standard InChI is InChI=1S/C15H19ClN2O3/c1-18(8-7-14(17)19)15(20)12-6-5-11(9-13(12)16)21-10-3-2-4-10/h5-6,9-10H,2-4,7-8H2,1H3,(H2,17,19). The van der Waals surface area contributed by atoms with Crippen molar-refractivity contribution < 1.29 is 14.3 Å². The van der Waals surface area contributed by atoms with Crippen molar-refractivity contribution in [3.05, 3.63) is 28.8 Å². The van der Waals surface area contributed by atoms with Gasteiger partial charge in [0.2, 0.25) is 5.91 Å². The molecule has 1 aliphatic carbocycles. The minimum Gasteiger partial charge on any atom is -0.490 e. The van der Waals surface area contributed by atoms with E-state index >= 15 is 0 Å². The molecule has 21 heavy (non-hydrogen) atoms. The summed E-state index contributed by atoms with van der Waals surface area (Å²) in [7, 11) is 1.61. The molecule has 1 aliphatic rings. The van der Waals surface area contributed by atoms with Crippen LogP contribution in [0.25, 0.3) is 0 Å². The summed E-state index contributed by atoms with van der Waals surface area (Å²) in [6, 6.07) is 5.06.